The molecule has 3 atom stereocenters. The summed E-state index contributed by atoms with van der Waals surface area (Å²) in [4.78, 5) is 50.6. The Balaban J connectivity index is 1.48. The Kier molecular flexibility index (Phi) is 5.97. The lowest BCUT2D eigenvalue weighted by Crippen LogP contribution is -2.53. The van der Waals surface area contributed by atoms with Crippen LogP contribution in [-0.4, -0.2) is 68.8 Å². The van der Waals surface area contributed by atoms with Gasteiger partial charge in [-0.3, -0.25) is 14.4 Å². The van der Waals surface area contributed by atoms with Crippen molar-refractivity contribution in [2.24, 2.45) is 0 Å². The summed E-state index contributed by atoms with van der Waals surface area (Å²) in [6.07, 6.45) is -0.162. The zero-order valence-electron chi connectivity index (χ0n) is 21.7. The molecular formula is C28H29FN6O3. The van der Waals surface area contributed by atoms with Crippen molar-refractivity contribution in [3.63, 3.8) is 0 Å². The first-order valence-corrected chi connectivity index (χ1v) is 12.5. The fourth-order valence-electron chi connectivity index (χ4n) is 5.58. The molecule has 1 aromatic carbocycles. The molecule has 0 radical (unpaired) electrons. The molecule has 2 aromatic heterocycles. The van der Waals surface area contributed by atoms with Crippen molar-refractivity contribution in [2.75, 3.05) is 18.9 Å². The van der Waals surface area contributed by atoms with E-state index in [2.05, 4.69) is 21.4 Å². The van der Waals surface area contributed by atoms with Gasteiger partial charge in [0.2, 0.25) is 11.8 Å². The van der Waals surface area contributed by atoms with Gasteiger partial charge < -0.3 is 20.1 Å². The van der Waals surface area contributed by atoms with E-state index in [9.17, 15) is 19.6 Å². The highest BCUT2D eigenvalue weighted by Gasteiger charge is 2.57. The van der Waals surface area contributed by atoms with Crippen LogP contribution in [0.2, 0.25) is 0 Å². The third kappa shape index (κ3) is 4.18. The van der Waals surface area contributed by atoms with E-state index in [-0.39, 0.29) is 31.0 Å². The molecule has 2 aliphatic rings. The third-order valence-corrected chi connectivity index (χ3v) is 7.52. The quantitative estimate of drug-likeness (QED) is 0.538. The molecule has 1 fully saturated rings. The second-order valence-electron chi connectivity index (χ2n) is 10.8. The van der Waals surface area contributed by atoms with Gasteiger partial charge in [-0.15, -0.1) is 0 Å². The van der Waals surface area contributed by atoms with Crippen LogP contribution in [0.3, 0.4) is 0 Å². The molecular weight excluding hydrogens is 487 g/mol. The Hall–Kier alpha value is -4.26. The number of aromatic amines is 1. The smallest absolute Gasteiger partial charge is 0.270 e. The summed E-state index contributed by atoms with van der Waals surface area (Å²) in [6.45, 7) is 4.49. The van der Waals surface area contributed by atoms with Gasteiger partial charge in [0.25, 0.3) is 5.91 Å². The highest BCUT2D eigenvalue weighted by molar-refractivity contribution is 6.07. The lowest BCUT2D eigenvalue weighted by Gasteiger charge is -2.34. The Bertz CT molecular complexity index is 1500. The molecule has 4 heterocycles. The summed E-state index contributed by atoms with van der Waals surface area (Å²) in [5.41, 5.74) is 0.0488. The normalized spacial score (nSPS) is 21.3. The summed E-state index contributed by atoms with van der Waals surface area (Å²) < 4.78 is 15.0. The second-order valence-corrected chi connectivity index (χ2v) is 10.8. The Morgan fingerprint density at radius 2 is 2.05 bits per heavy atom. The van der Waals surface area contributed by atoms with Crippen LogP contribution in [0.4, 0.5) is 10.1 Å². The summed E-state index contributed by atoms with van der Waals surface area (Å²) >= 11 is 0. The van der Waals surface area contributed by atoms with E-state index in [0.29, 0.717) is 11.3 Å². The van der Waals surface area contributed by atoms with Crippen molar-refractivity contribution in [3.8, 4) is 6.07 Å². The van der Waals surface area contributed by atoms with E-state index in [1.165, 1.54) is 30.7 Å². The van der Waals surface area contributed by atoms with Gasteiger partial charge in [0, 0.05) is 43.2 Å². The van der Waals surface area contributed by atoms with E-state index >= 15 is 4.39 Å². The number of pyridine rings is 1. The van der Waals surface area contributed by atoms with Crippen LogP contribution in [0.1, 0.15) is 48.4 Å². The summed E-state index contributed by atoms with van der Waals surface area (Å²) in [7, 11) is 1.45. The minimum absolute atomic E-state index is 0.0340. The predicted molar refractivity (Wildman–Crippen MR) is 139 cm³/mol. The molecule has 0 bridgehead atoms. The van der Waals surface area contributed by atoms with Crippen LogP contribution in [0.25, 0.3) is 11.0 Å². The number of benzene rings is 1. The molecule has 5 rings (SSSR count). The van der Waals surface area contributed by atoms with Crippen LogP contribution < -0.4 is 5.32 Å². The van der Waals surface area contributed by atoms with Gasteiger partial charge >= 0.3 is 0 Å². The van der Waals surface area contributed by atoms with Crippen LogP contribution >= 0.6 is 0 Å². The molecule has 196 valence electrons. The molecule has 0 unspecified atom stereocenters. The Morgan fingerprint density at radius 1 is 1.32 bits per heavy atom. The lowest BCUT2D eigenvalue weighted by atomic mass is 9.80. The fraction of sp³-hybridized carbons (Fsp3) is 0.393. The van der Waals surface area contributed by atoms with Crippen molar-refractivity contribution in [1.29, 1.82) is 5.26 Å². The second kappa shape index (κ2) is 8.94. The van der Waals surface area contributed by atoms with E-state index in [1.54, 1.807) is 18.2 Å². The molecule has 2 aliphatic heterocycles. The van der Waals surface area contributed by atoms with E-state index in [1.807, 2.05) is 31.2 Å². The molecule has 3 aromatic rings. The largest absolute Gasteiger partial charge is 0.335 e. The van der Waals surface area contributed by atoms with Gasteiger partial charge in [0.05, 0.1) is 11.5 Å². The minimum atomic E-state index is -1.79. The SMILES string of the molecule is Cc1ccc2cc(C(=O)N(C)[C@@H](CC(C)(C)F)C(=O)N3C[C@]4(C[C@H]3C#N)C(=O)Nc3ccccc34)[nH]c2n1. The zero-order chi connectivity index (χ0) is 27.4. The first kappa shape index (κ1) is 25.4. The number of halogens is 1. The number of hydrogen-bond donors (Lipinski definition) is 2. The average Bonchev–Trinajstić information content (AvgIpc) is 3.55. The molecule has 1 spiro atoms. The summed E-state index contributed by atoms with van der Waals surface area (Å²) in [5, 5.41) is 13.6. The monoisotopic (exact) mass is 516 g/mol. The van der Waals surface area contributed by atoms with Crippen molar-refractivity contribution in [2.45, 2.75) is 56.8 Å². The van der Waals surface area contributed by atoms with Crippen LogP contribution in [0.15, 0.2) is 42.5 Å². The number of anilines is 1. The number of rotatable bonds is 5. The number of nitriles is 1. The highest BCUT2D eigenvalue weighted by atomic mass is 19.1. The van der Waals surface area contributed by atoms with Gasteiger partial charge in [0.1, 0.15) is 29.1 Å². The predicted octanol–water partition coefficient (Wildman–Crippen LogP) is 3.46. The van der Waals surface area contributed by atoms with Gasteiger partial charge in [-0.05, 0) is 50.6 Å². The van der Waals surface area contributed by atoms with Crippen molar-refractivity contribution >= 4 is 34.4 Å². The molecule has 38 heavy (non-hydrogen) atoms. The number of nitrogens with zero attached hydrogens (tertiary/aromatic N) is 4. The van der Waals surface area contributed by atoms with Gasteiger partial charge in [-0.1, -0.05) is 18.2 Å². The number of amides is 3. The summed E-state index contributed by atoms with van der Waals surface area (Å²) in [5.74, 6) is -1.35. The van der Waals surface area contributed by atoms with E-state index in [0.717, 1.165) is 16.6 Å². The lowest BCUT2D eigenvalue weighted by molar-refractivity contribution is -0.137. The maximum atomic E-state index is 15.0. The van der Waals surface area contributed by atoms with E-state index in [4.69, 9.17) is 0 Å². The standard InChI is InChI=1S/C28H29FN6O3/c1-16-9-10-17-11-21(32-23(17)31-16)24(36)34(4)22(13-27(2,3)29)25(37)35-15-28(12-18(35)14-30)19-7-5-6-8-20(19)33-26(28)38/h5-11,18,22H,12-13,15H2,1-4H3,(H,31,32)(H,33,38)/t18-,22-,28-/m0/s1. The van der Waals surface area contributed by atoms with Crippen molar-refractivity contribution < 1.29 is 18.8 Å². The molecule has 3 amide bonds. The van der Waals surface area contributed by atoms with E-state index < -0.39 is 35.0 Å². The van der Waals surface area contributed by atoms with Crippen molar-refractivity contribution in [3.05, 3.63) is 59.4 Å². The summed E-state index contributed by atoms with van der Waals surface area (Å²) in [6, 6.07) is 12.6. The zero-order valence-corrected chi connectivity index (χ0v) is 21.7. The van der Waals surface area contributed by atoms with Gasteiger partial charge in [-0.25, -0.2) is 9.37 Å². The number of H-pyrrole nitrogens is 1. The number of fused-ring (bicyclic) bond motifs is 3. The Morgan fingerprint density at radius 3 is 2.76 bits per heavy atom. The van der Waals surface area contributed by atoms with Gasteiger partial charge in [0.15, 0.2) is 0 Å². The molecule has 0 aliphatic carbocycles. The number of likely N-dealkylation sites (N-methyl/N-ethyl adjacent to an activating group) is 1. The molecule has 9 nitrogen and oxygen atoms in total. The number of likely N-dealkylation sites (tertiary alicyclic amines) is 1. The first-order valence-electron chi connectivity index (χ1n) is 12.5. The van der Waals surface area contributed by atoms with Crippen molar-refractivity contribution in [1.82, 2.24) is 19.8 Å². The number of hydrogen-bond acceptors (Lipinski definition) is 5. The maximum absolute atomic E-state index is 15.0. The number of aryl methyl sites for hydroxylation is 1. The minimum Gasteiger partial charge on any atom is -0.335 e. The maximum Gasteiger partial charge on any atom is 0.270 e. The third-order valence-electron chi connectivity index (χ3n) is 7.52. The van der Waals surface area contributed by atoms with Crippen LogP contribution in [-0.2, 0) is 15.0 Å². The Labute approximate surface area is 219 Å². The van der Waals surface area contributed by atoms with Crippen LogP contribution in [0, 0.1) is 18.3 Å². The van der Waals surface area contributed by atoms with Crippen LogP contribution in [0.5, 0.6) is 0 Å². The topological polar surface area (TPSA) is 122 Å². The number of nitrogens with one attached hydrogen (secondary N) is 2. The first-order chi connectivity index (χ1) is 17.9. The van der Waals surface area contributed by atoms with Gasteiger partial charge in [-0.2, -0.15) is 5.26 Å². The molecule has 10 heteroatoms. The number of para-hydroxylation sites is 1. The average molecular weight is 517 g/mol. The molecule has 1 saturated heterocycles. The fourth-order valence-corrected chi connectivity index (χ4v) is 5.58. The number of alkyl halides is 1. The molecule has 0 saturated carbocycles. The number of carbonyl (C=O) groups is 3. The molecule has 2 N–H and O–H groups in total. The number of aromatic nitrogens is 2. The number of carbonyl (C=O) groups excluding carboxylic acids is 3. The highest BCUT2D eigenvalue weighted by Crippen LogP contribution is 2.46.